The zero-order chi connectivity index (χ0) is 22.6. The van der Waals surface area contributed by atoms with Gasteiger partial charge in [0.1, 0.15) is 28.4 Å². The molecule has 3 aromatic heterocycles. The van der Waals surface area contributed by atoms with Gasteiger partial charge in [0.25, 0.3) is 0 Å². The highest BCUT2D eigenvalue weighted by Crippen LogP contribution is 2.45. The van der Waals surface area contributed by atoms with E-state index in [1.807, 2.05) is 24.3 Å². The first-order chi connectivity index (χ1) is 15.5. The summed E-state index contributed by atoms with van der Waals surface area (Å²) in [5.41, 5.74) is 3.10. The molecule has 0 aliphatic rings. The highest BCUT2D eigenvalue weighted by Gasteiger charge is 2.24. The van der Waals surface area contributed by atoms with Crippen LogP contribution in [0.3, 0.4) is 0 Å². The second-order valence-electron chi connectivity index (χ2n) is 7.71. The van der Waals surface area contributed by atoms with Gasteiger partial charge in [0.15, 0.2) is 22.2 Å². The summed E-state index contributed by atoms with van der Waals surface area (Å²) in [6.45, 7) is 4.16. The number of hydrogen-bond acceptors (Lipinski definition) is 7. The van der Waals surface area contributed by atoms with Crippen LogP contribution in [0.15, 0.2) is 39.2 Å². The normalized spacial score (nSPS) is 11.7. The van der Waals surface area contributed by atoms with Crippen LogP contribution in [-0.2, 0) is 0 Å². The third-order valence-corrected chi connectivity index (χ3v) is 5.80. The highest BCUT2D eigenvalue weighted by atomic mass is 35.5. The molecule has 3 heterocycles. The van der Waals surface area contributed by atoms with E-state index in [0.717, 1.165) is 27.7 Å². The molecule has 0 aliphatic carbocycles. The Balaban J connectivity index is 1.86. The molecule has 5 aromatic rings. The molecule has 7 nitrogen and oxygen atoms in total. The smallest absolute Gasteiger partial charge is 0.195 e. The minimum atomic E-state index is 0.170. The van der Waals surface area contributed by atoms with Crippen LogP contribution < -0.4 is 14.2 Å². The van der Waals surface area contributed by atoms with Crippen LogP contribution in [0.1, 0.15) is 25.5 Å². The van der Waals surface area contributed by atoms with Crippen molar-refractivity contribution in [3.63, 3.8) is 0 Å². The zero-order valence-corrected chi connectivity index (χ0v) is 19.0. The predicted octanol–water partition coefficient (Wildman–Crippen LogP) is 6.59. The van der Waals surface area contributed by atoms with E-state index in [4.69, 9.17) is 34.6 Å². The van der Waals surface area contributed by atoms with Gasteiger partial charge < -0.3 is 23.0 Å². The molecule has 0 bridgehead atoms. The molecule has 0 saturated carbocycles. The molecule has 2 aromatic carbocycles. The quantitative estimate of drug-likeness (QED) is 0.297. The lowest BCUT2D eigenvalue weighted by Crippen LogP contribution is -1.94. The maximum atomic E-state index is 6.37. The summed E-state index contributed by atoms with van der Waals surface area (Å²) < 4.78 is 28.8. The van der Waals surface area contributed by atoms with Gasteiger partial charge in [-0.05, 0) is 24.3 Å². The van der Waals surface area contributed by atoms with Crippen molar-refractivity contribution in [3.8, 4) is 28.5 Å². The Kier molecular flexibility index (Phi) is 4.86. The summed E-state index contributed by atoms with van der Waals surface area (Å²) >= 11 is 6.37. The molecule has 0 aliphatic heterocycles. The molecule has 0 saturated heterocycles. The van der Waals surface area contributed by atoms with Crippen molar-refractivity contribution in [2.75, 3.05) is 21.3 Å². The van der Waals surface area contributed by atoms with E-state index in [2.05, 4.69) is 24.0 Å². The Morgan fingerprint density at radius 3 is 2.28 bits per heavy atom. The van der Waals surface area contributed by atoms with Crippen LogP contribution in [0.5, 0.6) is 17.2 Å². The van der Waals surface area contributed by atoms with Crippen LogP contribution in [0, 0.1) is 0 Å². The molecule has 0 spiro atoms. The third kappa shape index (κ3) is 2.96. The van der Waals surface area contributed by atoms with E-state index in [1.165, 1.54) is 0 Å². The lowest BCUT2D eigenvalue weighted by Gasteiger charge is -2.10. The lowest BCUT2D eigenvalue weighted by molar-refractivity contribution is 0.355. The number of fused-ring (bicyclic) bond motifs is 4. The molecule has 8 heteroatoms. The molecule has 0 N–H and O–H groups in total. The lowest BCUT2D eigenvalue weighted by atomic mass is 10.0. The Hall–Kier alpha value is -3.45. The molecular weight excluding hydrogens is 432 g/mol. The van der Waals surface area contributed by atoms with Gasteiger partial charge >= 0.3 is 0 Å². The number of benzene rings is 2. The molecule has 5 rings (SSSR count). The van der Waals surface area contributed by atoms with Gasteiger partial charge in [0, 0.05) is 22.9 Å². The van der Waals surface area contributed by atoms with Crippen molar-refractivity contribution in [2.45, 2.75) is 19.8 Å². The second-order valence-corrected chi connectivity index (χ2v) is 8.07. The minimum absolute atomic E-state index is 0.170. The molecule has 0 atom stereocenters. The Morgan fingerprint density at radius 2 is 1.59 bits per heavy atom. The summed E-state index contributed by atoms with van der Waals surface area (Å²) in [4.78, 5) is 0. The first kappa shape index (κ1) is 20.5. The summed E-state index contributed by atoms with van der Waals surface area (Å²) in [5.74, 6) is 2.90. The number of hydrogen-bond donors (Lipinski definition) is 0. The maximum absolute atomic E-state index is 6.37. The molecule has 32 heavy (non-hydrogen) atoms. The summed E-state index contributed by atoms with van der Waals surface area (Å²) in [6, 6.07) is 9.43. The molecule has 0 fully saturated rings. The molecular formula is C24H21ClN2O5. The third-order valence-electron chi connectivity index (χ3n) is 5.55. The fourth-order valence-electron chi connectivity index (χ4n) is 3.98. The Bertz CT molecular complexity index is 1490. The van der Waals surface area contributed by atoms with Gasteiger partial charge in [-0.2, -0.15) is 0 Å². The average molecular weight is 453 g/mol. The van der Waals surface area contributed by atoms with E-state index < -0.39 is 0 Å². The van der Waals surface area contributed by atoms with Crippen molar-refractivity contribution < 1.29 is 23.0 Å². The number of furan rings is 2. The first-order valence-corrected chi connectivity index (χ1v) is 10.5. The van der Waals surface area contributed by atoms with Crippen LogP contribution in [0.25, 0.3) is 44.2 Å². The molecule has 164 valence electrons. The van der Waals surface area contributed by atoms with E-state index in [0.29, 0.717) is 39.5 Å². The Morgan fingerprint density at radius 1 is 0.844 bits per heavy atom. The Labute approximate surface area is 188 Å². The van der Waals surface area contributed by atoms with Crippen LogP contribution in [0.2, 0.25) is 5.15 Å². The fourth-order valence-corrected chi connectivity index (χ4v) is 4.15. The van der Waals surface area contributed by atoms with E-state index >= 15 is 0 Å². The number of rotatable bonds is 5. The minimum Gasteiger partial charge on any atom is -0.495 e. The molecule has 0 amide bonds. The SMILES string of the molecule is COc1cc2oc3c(Cl)nnc(-c4ccc5oc(C(C)C)cc5c4OC)c3c2cc1OC. The highest BCUT2D eigenvalue weighted by molar-refractivity contribution is 6.35. The van der Waals surface area contributed by atoms with E-state index in [1.54, 1.807) is 27.4 Å². The van der Waals surface area contributed by atoms with Crippen molar-refractivity contribution in [1.29, 1.82) is 0 Å². The summed E-state index contributed by atoms with van der Waals surface area (Å²) in [5, 5.41) is 11.1. The monoisotopic (exact) mass is 452 g/mol. The van der Waals surface area contributed by atoms with Crippen molar-refractivity contribution in [3.05, 3.63) is 41.2 Å². The zero-order valence-electron chi connectivity index (χ0n) is 18.3. The number of ether oxygens (including phenoxy) is 3. The van der Waals surface area contributed by atoms with Gasteiger partial charge in [0.05, 0.1) is 32.1 Å². The maximum Gasteiger partial charge on any atom is 0.195 e. The van der Waals surface area contributed by atoms with E-state index in [9.17, 15) is 0 Å². The van der Waals surface area contributed by atoms with Crippen molar-refractivity contribution in [1.82, 2.24) is 10.2 Å². The van der Waals surface area contributed by atoms with Crippen LogP contribution >= 0.6 is 11.6 Å². The van der Waals surface area contributed by atoms with Gasteiger partial charge in [-0.3, -0.25) is 0 Å². The fraction of sp³-hybridized carbons (Fsp3) is 0.250. The molecule has 0 unspecified atom stereocenters. The topological polar surface area (TPSA) is 79.8 Å². The van der Waals surface area contributed by atoms with Crippen molar-refractivity contribution in [2.24, 2.45) is 0 Å². The van der Waals surface area contributed by atoms with E-state index in [-0.39, 0.29) is 11.1 Å². The van der Waals surface area contributed by atoms with Gasteiger partial charge in [0.2, 0.25) is 0 Å². The summed E-state index contributed by atoms with van der Waals surface area (Å²) in [7, 11) is 4.79. The second kappa shape index (κ2) is 7.60. The van der Waals surface area contributed by atoms with Crippen LogP contribution in [-0.4, -0.2) is 31.5 Å². The van der Waals surface area contributed by atoms with Gasteiger partial charge in [-0.15, -0.1) is 10.2 Å². The average Bonchev–Trinajstić information content (AvgIpc) is 3.40. The van der Waals surface area contributed by atoms with Gasteiger partial charge in [-0.25, -0.2) is 0 Å². The largest absolute Gasteiger partial charge is 0.495 e. The standard InChI is InChI=1S/C24H21ClN2O5/c1-11(2)16-9-14-15(31-16)7-6-12(22(14)30-5)21-20-13-8-18(28-3)19(29-4)10-17(13)32-23(20)24(25)27-26-21/h6-11H,1-5H3. The van der Waals surface area contributed by atoms with Crippen LogP contribution in [0.4, 0.5) is 0 Å². The molecule has 0 radical (unpaired) electrons. The number of aromatic nitrogens is 2. The predicted molar refractivity (Wildman–Crippen MR) is 123 cm³/mol. The number of halogens is 1. The first-order valence-electron chi connectivity index (χ1n) is 10.1. The number of nitrogens with zero attached hydrogens (tertiary/aromatic N) is 2. The summed E-state index contributed by atoms with van der Waals surface area (Å²) in [6.07, 6.45) is 0. The van der Waals surface area contributed by atoms with Crippen molar-refractivity contribution >= 4 is 44.5 Å². The number of methoxy groups -OCH3 is 3. The van der Waals surface area contributed by atoms with Gasteiger partial charge in [-0.1, -0.05) is 25.4 Å².